The number of nitrogens with zero attached hydrogens (tertiary/aromatic N) is 1. The van der Waals surface area contributed by atoms with Crippen LogP contribution < -0.4 is 5.32 Å². The predicted octanol–water partition coefficient (Wildman–Crippen LogP) is 0.143. The van der Waals surface area contributed by atoms with Crippen LogP contribution in [0.1, 0.15) is 20.8 Å². The third-order valence-electron chi connectivity index (χ3n) is 1.59. The third-order valence-corrected chi connectivity index (χ3v) is 1.59. The lowest BCUT2D eigenvalue weighted by Gasteiger charge is -2.01. The molecule has 0 radical (unpaired) electrons. The fourth-order valence-corrected chi connectivity index (χ4v) is 0.922. The van der Waals surface area contributed by atoms with Crippen LogP contribution >= 0.6 is 0 Å². The molecule has 5 nitrogen and oxygen atoms in total. The molecule has 1 aromatic heterocycles. The van der Waals surface area contributed by atoms with Crippen molar-refractivity contribution in [1.82, 2.24) is 10.3 Å². The predicted molar refractivity (Wildman–Crippen MR) is 52.4 cm³/mol. The maximum atomic E-state index is 11.4. The number of aromatic carboxylic acids is 1. The van der Waals surface area contributed by atoms with Crippen molar-refractivity contribution in [1.29, 1.82) is 0 Å². The van der Waals surface area contributed by atoms with Crippen LogP contribution in [-0.4, -0.2) is 28.5 Å². The number of aromatic nitrogens is 1. The molecule has 0 unspecified atom stereocenters. The Hall–Kier alpha value is -2.35. The standard InChI is InChI=1S/C10H8N2O3/c1-2-4-12-9(13)7-3-5-11-8(6-7)10(14)15/h1,3,5-6H,4H2,(H,12,13)(H,14,15). The first kappa shape index (κ1) is 10.7. The van der Waals surface area contributed by atoms with Gasteiger partial charge in [0.1, 0.15) is 5.69 Å². The number of terminal acetylenes is 1. The van der Waals surface area contributed by atoms with E-state index in [1.54, 1.807) is 0 Å². The molecule has 0 atom stereocenters. The molecular weight excluding hydrogens is 196 g/mol. The minimum absolute atomic E-state index is 0.101. The number of carboxylic acids is 1. The van der Waals surface area contributed by atoms with Crippen molar-refractivity contribution in [2.24, 2.45) is 0 Å². The number of carbonyl (C=O) groups is 2. The minimum Gasteiger partial charge on any atom is -0.477 e. The second-order valence-corrected chi connectivity index (χ2v) is 2.62. The maximum absolute atomic E-state index is 11.4. The van der Waals surface area contributed by atoms with Crippen LogP contribution in [0.4, 0.5) is 0 Å². The van der Waals surface area contributed by atoms with Gasteiger partial charge in [0.05, 0.1) is 6.54 Å². The number of rotatable bonds is 3. The Balaban J connectivity index is 2.86. The number of amides is 1. The number of hydrogen-bond acceptors (Lipinski definition) is 3. The molecule has 0 aliphatic rings. The van der Waals surface area contributed by atoms with E-state index in [1.165, 1.54) is 18.3 Å². The van der Waals surface area contributed by atoms with E-state index < -0.39 is 11.9 Å². The van der Waals surface area contributed by atoms with Gasteiger partial charge in [-0.1, -0.05) is 5.92 Å². The van der Waals surface area contributed by atoms with Crippen molar-refractivity contribution < 1.29 is 14.7 Å². The van der Waals surface area contributed by atoms with Crippen LogP contribution in [0.3, 0.4) is 0 Å². The van der Waals surface area contributed by atoms with Gasteiger partial charge in [-0.2, -0.15) is 0 Å². The van der Waals surface area contributed by atoms with Crippen LogP contribution in [0.25, 0.3) is 0 Å². The lowest BCUT2D eigenvalue weighted by molar-refractivity contribution is 0.0690. The Morgan fingerprint density at radius 2 is 2.33 bits per heavy atom. The Labute approximate surface area is 86.1 Å². The summed E-state index contributed by atoms with van der Waals surface area (Å²) in [6.07, 6.45) is 6.22. The monoisotopic (exact) mass is 204 g/mol. The summed E-state index contributed by atoms with van der Waals surface area (Å²) >= 11 is 0. The van der Waals surface area contributed by atoms with Crippen LogP contribution in [-0.2, 0) is 0 Å². The van der Waals surface area contributed by atoms with Gasteiger partial charge in [0.15, 0.2) is 0 Å². The first-order chi connectivity index (χ1) is 7.15. The molecule has 0 aliphatic carbocycles. The maximum Gasteiger partial charge on any atom is 0.354 e. The van der Waals surface area contributed by atoms with Crippen molar-refractivity contribution in [2.45, 2.75) is 0 Å². The van der Waals surface area contributed by atoms with Gasteiger partial charge >= 0.3 is 5.97 Å². The van der Waals surface area contributed by atoms with Gasteiger partial charge in [-0.25, -0.2) is 9.78 Å². The minimum atomic E-state index is -1.18. The van der Waals surface area contributed by atoms with Crippen LogP contribution in [0.2, 0.25) is 0 Å². The number of nitrogens with one attached hydrogen (secondary N) is 1. The van der Waals surface area contributed by atoms with E-state index in [4.69, 9.17) is 11.5 Å². The highest BCUT2D eigenvalue weighted by Crippen LogP contribution is 2.01. The van der Waals surface area contributed by atoms with Crippen LogP contribution in [0, 0.1) is 12.3 Å². The highest BCUT2D eigenvalue weighted by molar-refractivity contribution is 5.96. The first-order valence-corrected chi connectivity index (χ1v) is 4.06. The molecule has 1 rings (SSSR count). The smallest absolute Gasteiger partial charge is 0.354 e. The van der Waals surface area contributed by atoms with E-state index in [2.05, 4.69) is 16.2 Å². The van der Waals surface area contributed by atoms with E-state index in [-0.39, 0.29) is 17.8 Å². The largest absolute Gasteiger partial charge is 0.477 e. The molecule has 0 fully saturated rings. The molecular formula is C10H8N2O3. The molecule has 1 heterocycles. The van der Waals surface area contributed by atoms with Crippen LogP contribution in [0.5, 0.6) is 0 Å². The summed E-state index contributed by atoms with van der Waals surface area (Å²) in [6.45, 7) is 0.101. The zero-order valence-electron chi connectivity index (χ0n) is 7.73. The van der Waals surface area contributed by atoms with E-state index in [1.807, 2.05) is 0 Å². The second kappa shape index (κ2) is 4.77. The van der Waals surface area contributed by atoms with Gasteiger partial charge in [0.2, 0.25) is 0 Å². The third kappa shape index (κ3) is 2.81. The van der Waals surface area contributed by atoms with Gasteiger partial charge in [-0.3, -0.25) is 4.79 Å². The van der Waals surface area contributed by atoms with Gasteiger partial charge in [0, 0.05) is 11.8 Å². The molecule has 5 heteroatoms. The lowest BCUT2D eigenvalue weighted by Crippen LogP contribution is -2.23. The summed E-state index contributed by atoms with van der Waals surface area (Å²) in [6, 6.07) is 2.60. The number of hydrogen-bond donors (Lipinski definition) is 2. The molecule has 1 aromatic rings. The second-order valence-electron chi connectivity index (χ2n) is 2.62. The summed E-state index contributed by atoms with van der Waals surface area (Å²) in [5.41, 5.74) is 0.0426. The Morgan fingerprint density at radius 3 is 2.93 bits per heavy atom. The van der Waals surface area contributed by atoms with Crippen molar-refractivity contribution >= 4 is 11.9 Å². The summed E-state index contributed by atoms with van der Waals surface area (Å²) in [5.74, 6) is 0.644. The van der Waals surface area contributed by atoms with E-state index in [0.717, 1.165) is 0 Å². The SMILES string of the molecule is C#CCNC(=O)c1ccnc(C(=O)O)c1. The average Bonchev–Trinajstić information content (AvgIpc) is 2.26. The van der Waals surface area contributed by atoms with Crippen molar-refractivity contribution in [3.05, 3.63) is 29.6 Å². The van der Waals surface area contributed by atoms with Gasteiger partial charge in [-0.05, 0) is 12.1 Å². The van der Waals surface area contributed by atoms with Crippen molar-refractivity contribution in [3.8, 4) is 12.3 Å². The zero-order valence-corrected chi connectivity index (χ0v) is 7.73. The quantitative estimate of drug-likeness (QED) is 0.686. The topological polar surface area (TPSA) is 79.3 Å². The molecule has 1 amide bonds. The zero-order chi connectivity index (χ0) is 11.3. The summed E-state index contributed by atoms with van der Waals surface area (Å²) in [7, 11) is 0. The number of carboxylic acid groups (broad SMARTS) is 1. The van der Waals surface area contributed by atoms with E-state index in [9.17, 15) is 9.59 Å². The average molecular weight is 204 g/mol. The van der Waals surface area contributed by atoms with Crippen LogP contribution in [0.15, 0.2) is 18.3 Å². The van der Waals surface area contributed by atoms with Gasteiger partial charge in [0.25, 0.3) is 5.91 Å². The molecule has 0 bridgehead atoms. The Bertz CT molecular complexity index is 435. The van der Waals surface area contributed by atoms with Crippen molar-refractivity contribution in [3.63, 3.8) is 0 Å². The molecule has 2 N–H and O–H groups in total. The molecule has 76 valence electrons. The number of pyridine rings is 1. The first-order valence-electron chi connectivity index (χ1n) is 4.06. The fourth-order valence-electron chi connectivity index (χ4n) is 0.922. The Kier molecular flexibility index (Phi) is 3.41. The molecule has 0 aromatic carbocycles. The van der Waals surface area contributed by atoms with Crippen molar-refractivity contribution in [2.75, 3.05) is 6.54 Å². The summed E-state index contributed by atoms with van der Waals surface area (Å²) in [4.78, 5) is 25.5. The summed E-state index contributed by atoms with van der Waals surface area (Å²) < 4.78 is 0. The van der Waals surface area contributed by atoms with Gasteiger partial charge in [-0.15, -0.1) is 6.42 Å². The van der Waals surface area contributed by atoms with E-state index >= 15 is 0 Å². The number of carbonyl (C=O) groups excluding carboxylic acids is 1. The molecule has 0 saturated carbocycles. The highest BCUT2D eigenvalue weighted by atomic mass is 16.4. The summed E-state index contributed by atoms with van der Waals surface area (Å²) in [5, 5.41) is 11.1. The normalized spacial score (nSPS) is 9.00. The Morgan fingerprint density at radius 1 is 1.60 bits per heavy atom. The van der Waals surface area contributed by atoms with Gasteiger partial charge < -0.3 is 10.4 Å². The molecule has 0 saturated heterocycles. The lowest BCUT2D eigenvalue weighted by atomic mass is 10.2. The molecule has 0 spiro atoms. The molecule has 0 aliphatic heterocycles. The highest BCUT2D eigenvalue weighted by Gasteiger charge is 2.09. The fraction of sp³-hybridized carbons (Fsp3) is 0.100. The molecule has 15 heavy (non-hydrogen) atoms. The van der Waals surface area contributed by atoms with E-state index in [0.29, 0.717) is 0 Å².